The van der Waals surface area contributed by atoms with Crippen LogP contribution in [0.3, 0.4) is 0 Å². The predicted molar refractivity (Wildman–Crippen MR) is 53.9 cm³/mol. The molecular formula is C8H8BrClO3. The van der Waals surface area contributed by atoms with Crippen LogP contribution in [0, 0.1) is 0 Å². The van der Waals surface area contributed by atoms with Crippen molar-refractivity contribution < 1.29 is 14.6 Å². The lowest BCUT2D eigenvalue weighted by molar-refractivity contribution is 0.363. The highest BCUT2D eigenvalue weighted by Gasteiger charge is 2.15. The molecule has 1 rings (SSSR count). The Labute approximate surface area is 89.4 Å². The third kappa shape index (κ3) is 1.84. The summed E-state index contributed by atoms with van der Waals surface area (Å²) >= 11 is 9.00. The van der Waals surface area contributed by atoms with E-state index in [1.807, 2.05) is 0 Å². The first-order valence-electron chi connectivity index (χ1n) is 3.40. The summed E-state index contributed by atoms with van der Waals surface area (Å²) in [6, 6.07) is 1.57. The van der Waals surface area contributed by atoms with Crippen LogP contribution in [-0.4, -0.2) is 19.3 Å². The smallest absolute Gasteiger partial charge is 0.184 e. The second-order valence-electron chi connectivity index (χ2n) is 2.26. The highest BCUT2D eigenvalue weighted by atomic mass is 79.9. The lowest BCUT2D eigenvalue weighted by atomic mass is 10.3. The van der Waals surface area contributed by atoms with Crippen LogP contribution in [-0.2, 0) is 0 Å². The Morgan fingerprint density at radius 2 is 2.00 bits per heavy atom. The van der Waals surface area contributed by atoms with Gasteiger partial charge in [0.1, 0.15) is 10.8 Å². The summed E-state index contributed by atoms with van der Waals surface area (Å²) in [5.74, 6) is 0.615. The molecular weight excluding hydrogens is 259 g/mol. The quantitative estimate of drug-likeness (QED) is 0.895. The fourth-order valence-electron chi connectivity index (χ4n) is 0.906. The second-order valence-corrected chi connectivity index (χ2v) is 3.49. The highest BCUT2D eigenvalue weighted by Crippen LogP contribution is 2.45. The monoisotopic (exact) mass is 266 g/mol. The average Bonchev–Trinajstić information content (AvgIpc) is 2.12. The standard InChI is InChI=1S/C8H8BrClO3/c1-12-5-3-4(9)7(11)8(13-2)6(5)10/h3,11H,1-2H3. The summed E-state index contributed by atoms with van der Waals surface area (Å²) in [5, 5.41) is 9.74. The molecule has 0 amide bonds. The van der Waals surface area contributed by atoms with Crippen molar-refractivity contribution in [2.75, 3.05) is 14.2 Å². The molecule has 0 aliphatic carbocycles. The number of ether oxygens (including phenoxy) is 2. The predicted octanol–water partition coefficient (Wildman–Crippen LogP) is 2.83. The molecule has 0 atom stereocenters. The Bertz CT molecular complexity index is 328. The molecule has 0 aliphatic rings. The number of aromatic hydroxyl groups is 1. The van der Waals surface area contributed by atoms with Crippen LogP contribution >= 0.6 is 27.5 Å². The number of rotatable bonds is 2. The minimum atomic E-state index is -0.0340. The molecule has 0 aliphatic heterocycles. The zero-order chi connectivity index (χ0) is 10.0. The van der Waals surface area contributed by atoms with Gasteiger partial charge in [-0.15, -0.1) is 0 Å². The van der Waals surface area contributed by atoms with E-state index in [4.69, 9.17) is 21.1 Å². The topological polar surface area (TPSA) is 38.7 Å². The summed E-state index contributed by atoms with van der Waals surface area (Å²) in [6.45, 7) is 0. The van der Waals surface area contributed by atoms with E-state index < -0.39 is 0 Å². The minimum Gasteiger partial charge on any atom is -0.503 e. The van der Waals surface area contributed by atoms with Crippen molar-refractivity contribution in [3.05, 3.63) is 15.6 Å². The van der Waals surface area contributed by atoms with Crippen molar-refractivity contribution in [1.29, 1.82) is 0 Å². The van der Waals surface area contributed by atoms with E-state index in [2.05, 4.69) is 15.9 Å². The Balaban J connectivity index is 3.39. The average molecular weight is 268 g/mol. The van der Waals surface area contributed by atoms with Gasteiger partial charge in [-0.1, -0.05) is 11.6 Å². The van der Waals surface area contributed by atoms with Crippen molar-refractivity contribution in [3.63, 3.8) is 0 Å². The van der Waals surface area contributed by atoms with Gasteiger partial charge < -0.3 is 14.6 Å². The van der Waals surface area contributed by atoms with Crippen LogP contribution in [0.5, 0.6) is 17.2 Å². The molecule has 0 spiro atoms. The summed E-state index contributed by atoms with van der Waals surface area (Å²) in [5.41, 5.74) is 0. The Hall–Kier alpha value is -0.610. The lowest BCUT2D eigenvalue weighted by Crippen LogP contribution is -1.90. The summed E-state index contributed by atoms with van der Waals surface area (Å²) < 4.78 is 10.4. The van der Waals surface area contributed by atoms with Gasteiger partial charge in [0.05, 0.1) is 18.7 Å². The molecule has 1 aromatic rings. The molecule has 5 heteroatoms. The van der Waals surface area contributed by atoms with E-state index >= 15 is 0 Å². The first-order valence-corrected chi connectivity index (χ1v) is 4.57. The maximum atomic E-state index is 9.49. The normalized spacial score (nSPS) is 9.85. The van der Waals surface area contributed by atoms with E-state index in [-0.39, 0.29) is 16.5 Å². The van der Waals surface area contributed by atoms with Crippen LogP contribution in [0.15, 0.2) is 10.5 Å². The third-order valence-corrected chi connectivity index (χ3v) is 2.50. The number of phenols is 1. The fourth-order valence-corrected chi connectivity index (χ4v) is 1.59. The summed E-state index contributed by atoms with van der Waals surface area (Å²) in [7, 11) is 2.91. The van der Waals surface area contributed by atoms with E-state index in [9.17, 15) is 5.11 Å². The van der Waals surface area contributed by atoms with Gasteiger partial charge in [0.25, 0.3) is 0 Å². The van der Waals surface area contributed by atoms with Crippen molar-refractivity contribution in [1.82, 2.24) is 0 Å². The van der Waals surface area contributed by atoms with Crippen LogP contribution in [0.1, 0.15) is 0 Å². The number of benzene rings is 1. The zero-order valence-corrected chi connectivity index (χ0v) is 9.44. The van der Waals surface area contributed by atoms with Crippen molar-refractivity contribution in [3.8, 4) is 17.2 Å². The second kappa shape index (κ2) is 4.07. The van der Waals surface area contributed by atoms with Crippen molar-refractivity contribution in [2.45, 2.75) is 0 Å². The Kier molecular flexibility index (Phi) is 3.27. The molecule has 13 heavy (non-hydrogen) atoms. The summed E-state index contributed by atoms with van der Waals surface area (Å²) in [4.78, 5) is 0. The molecule has 0 saturated carbocycles. The molecule has 0 aromatic heterocycles. The first-order chi connectivity index (χ1) is 6.11. The van der Waals surface area contributed by atoms with Gasteiger partial charge in [0, 0.05) is 0 Å². The van der Waals surface area contributed by atoms with E-state index in [0.717, 1.165) is 0 Å². The number of phenolic OH excluding ortho intramolecular Hbond substituents is 1. The largest absolute Gasteiger partial charge is 0.503 e. The van der Waals surface area contributed by atoms with Gasteiger partial charge in [0.2, 0.25) is 0 Å². The molecule has 72 valence electrons. The van der Waals surface area contributed by atoms with Gasteiger partial charge in [-0.25, -0.2) is 0 Å². The Morgan fingerprint density at radius 3 is 2.46 bits per heavy atom. The van der Waals surface area contributed by atoms with Gasteiger partial charge in [-0.2, -0.15) is 0 Å². The molecule has 1 N–H and O–H groups in total. The van der Waals surface area contributed by atoms with E-state index in [0.29, 0.717) is 10.2 Å². The molecule has 0 unspecified atom stereocenters. The maximum Gasteiger partial charge on any atom is 0.184 e. The minimum absolute atomic E-state index is 0.0340. The molecule has 1 aromatic carbocycles. The number of methoxy groups -OCH3 is 2. The maximum absolute atomic E-state index is 9.49. The summed E-state index contributed by atoms with van der Waals surface area (Å²) in [6.07, 6.45) is 0. The lowest BCUT2D eigenvalue weighted by Gasteiger charge is -2.10. The molecule has 0 fully saturated rings. The van der Waals surface area contributed by atoms with Crippen LogP contribution in [0.4, 0.5) is 0 Å². The number of halogens is 2. The first kappa shape index (κ1) is 10.5. The van der Waals surface area contributed by atoms with Crippen LogP contribution in [0.25, 0.3) is 0 Å². The third-order valence-electron chi connectivity index (χ3n) is 1.54. The van der Waals surface area contributed by atoms with Gasteiger partial charge >= 0.3 is 0 Å². The molecule has 0 saturated heterocycles. The fraction of sp³-hybridized carbons (Fsp3) is 0.250. The van der Waals surface area contributed by atoms with Crippen LogP contribution in [0.2, 0.25) is 5.02 Å². The molecule has 3 nitrogen and oxygen atoms in total. The van der Waals surface area contributed by atoms with Crippen molar-refractivity contribution in [2.24, 2.45) is 0 Å². The molecule has 0 heterocycles. The van der Waals surface area contributed by atoms with Gasteiger partial charge in [-0.05, 0) is 22.0 Å². The zero-order valence-electron chi connectivity index (χ0n) is 7.10. The van der Waals surface area contributed by atoms with Crippen molar-refractivity contribution >= 4 is 27.5 Å². The molecule has 0 bridgehead atoms. The SMILES string of the molecule is COc1cc(Br)c(O)c(OC)c1Cl. The van der Waals surface area contributed by atoms with E-state index in [1.165, 1.54) is 14.2 Å². The Morgan fingerprint density at radius 1 is 1.38 bits per heavy atom. The van der Waals surface area contributed by atoms with E-state index in [1.54, 1.807) is 6.07 Å². The number of hydrogen-bond acceptors (Lipinski definition) is 3. The molecule has 0 radical (unpaired) electrons. The van der Waals surface area contributed by atoms with Gasteiger partial charge in [0.15, 0.2) is 11.5 Å². The van der Waals surface area contributed by atoms with Crippen LogP contribution < -0.4 is 9.47 Å². The highest BCUT2D eigenvalue weighted by molar-refractivity contribution is 9.10. The van der Waals surface area contributed by atoms with Gasteiger partial charge in [-0.3, -0.25) is 0 Å². The number of hydrogen-bond donors (Lipinski definition) is 1.